The molecule has 2 aromatic rings. The van der Waals surface area contributed by atoms with Gasteiger partial charge in [0.1, 0.15) is 5.75 Å². The number of carbonyl (C=O) groups excluding carboxylic acids is 1. The van der Waals surface area contributed by atoms with Crippen LogP contribution in [0.15, 0.2) is 48.5 Å². The van der Waals surface area contributed by atoms with Gasteiger partial charge in [0.15, 0.2) is 0 Å². The van der Waals surface area contributed by atoms with Crippen LogP contribution in [0.1, 0.15) is 30.0 Å². The van der Waals surface area contributed by atoms with E-state index in [-0.39, 0.29) is 17.7 Å². The summed E-state index contributed by atoms with van der Waals surface area (Å²) >= 11 is 0. The van der Waals surface area contributed by atoms with Gasteiger partial charge < -0.3 is 16.2 Å². The molecule has 0 fully saturated rings. The van der Waals surface area contributed by atoms with Gasteiger partial charge in [-0.3, -0.25) is 4.79 Å². The summed E-state index contributed by atoms with van der Waals surface area (Å²) in [6.45, 7) is 1.79. The Morgan fingerprint density at radius 3 is 2.62 bits per heavy atom. The largest absolute Gasteiger partial charge is 0.505 e. The zero-order chi connectivity index (χ0) is 15.2. The maximum absolute atomic E-state index is 11.9. The smallest absolute Gasteiger partial charge is 0.224 e. The normalized spacial score (nSPS) is 11.9. The van der Waals surface area contributed by atoms with E-state index < -0.39 is 0 Å². The van der Waals surface area contributed by atoms with E-state index in [4.69, 9.17) is 5.73 Å². The van der Waals surface area contributed by atoms with E-state index >= 15 is 0 Å². The summed E-state index contributed by atoms with van der Waals surface area (Å²) in [5.74, 6) is -0.0412. The number of phenols is 1. The van der Waals surface area contributed by atoms with Crippen molar-refractivity contribution in [2.24, 2.45) is 5.73 Å². The third kappa shape index (κ3) is 4.07. The highest BCUT2D eigenvalue weighted by molar-refractivity contribution is 5.92. The maximum atomic E-state index is 11.9. The lowest BCUT2D eigenvalue weighted by Crippen LogP contribution is -2.16. The number of rotatable bonds is 5. The third-order valence-electron chi connectivity index (χ3n) is 3.42. The number of nitrogens with one attached hydrogen (secondary N) is 1. The minimum absolute atomic E-state index is 0.109. The number of hydrogen-bond donors (Lipinski definition) is 3. The summed E-state index contributed by atoms with van der Waals surface area (Å²) in [5.41, 5.74) is 8.25. The Bertz CT molecular complexity index is 611. The van der Waals surface area contributed by atoms with Crippen molar-refractivity contribution < 1.29 is 9.90 Å². The molecule has 0 radical (unpaired) electrons. The summed E-state index contributed by atoms with van der Waals surface area (Å²) in [6, 6.07) is 14.8. The second kappa shape index (κ2) is 6.90. The van der Waals surface area contributed by atoms with E-state index in [9.17, 15) is 9.90 Å². The van der Waals surface area contributed by atoms with Crippen LogP contribution in [0, 0.1) is 6.92 Å². The Labute approximate surface area is 124 Å². The SMILES string of the molecule is Cc1cccc(NC(=O)CCC(N)c2ccccc2)c1O. The zero-order valence-electron chi connectivity index (χ0n) is 12.0. The molecule has 21 heavy (non-hydrogen) atoms. The lowest BCUT2D eigenvalue weighted by molar-refractivity contribution is -0.116. The Hall–Kier alpha value is -2.33. The molecule has 2 rings (SSSR count). The summed E-state index contributed by atoms with van der Waals surface area (Å²) in [7, 11) is 0. The molecule has 4 nitrogen and oxygen atoms in total. The van der Waals surface area contributed by atoms with Crippen molar-refractivity contribution in [1.29, 1.82) is 0 Å². The molecule has 1 amide bonds. The fourth-order valence-corrected chi connectivity index (χ4v) is 2.13. The highest BCUT2D eigenvalue weighted by Crippen LogP contribution is 2.26. The number of phenolic OH excluding ortho intramolecular Hbond substituents is 1. The molecule has 0 aliphatic heterocycles. The highest BCUT2D eigenvalue weighted by Gasteiger charge is 2.11. The van der Waals surface area contributed by atoms with Crippen molar-refractivity contribution >= 4 is 11.6 Å². The van der Waals surface area contributed by atoms with Gasteiger partial charge in [-0.15, -0.1) is 0 Å². The van der Waals surface area contributed by atoms with Gasteiger partial charge >= 0.3 is 0 Å². The highest BCUT2D eigenvalue weighted by atomic mass is 16.3. The molecule has 2 aromatic carbocycles. The monoisotopic (exact) mass is 284 g/mol. The summed E-state index contributed by atoms with van der Waals surface area (Å²) in [6.07, 6.45) is 0.867. The second-order valence-electron chi connectivity index (χ2n) is 5.08. The molecule has 0 aliphatic carbocycles. The van der Waals surface area contributed by atoms with Crippen LogP contribution in [0.4, 0.5) is 5.69 Å². The van der Waals surface area contributed by atoms with E-state index in [1.54, 1.807) is 25.1 Å². The van der Waals surface area contributed by atoms with Crippen molar-refractivity contribution in [2.75, 3.05) is 5.32 Å². The Morgan fingerprint density at radius 2 is 1.90 bits per heavy atom. The Kier molecular flexibility index (Phi) is 4.95. The second-order valence-corrected chi connectivity index (χ2v) is 5.08. The summed E-state index contributed by atoms with van der Waals surface area (Å²) in [4.78, 5) is 11.9. The van der Waals surface area contributed by atoms with Crippen molar-refractivity contribution in [3.63, 3.8) is 0 Å². The van der Waals surface area contributed by atoms with Gasteiger partial charge in [0.2, 0.25) is 5.91 Å². The molecule has 0 heterocycles. The van der Waals surface area contributed by atoms with Gasteiger partial charge in [-0.05, 0) is 30.5 Å². The van der Waals surface area contributed by atoms with E-state index in [0.717, 1.165) is 11.1 Å². The maximum Gasteiger partial charge on any atom is 0.224 e. The van der Waals surface area contributed by atoms with Crippen LogP contribution in [0.2, 0.25) is 0 Å². The molecule has 0 aromatic heterocycles. The molecule has 0 spiro atoms. The quantitative estimate of drug-likeness (QED) is 0.738. The predicted octanol–water partition coefficient (Wildman–Crippen LogP) is 3.12. The van der Waals surface area contributed by atoms with Crippen molar-refractivity contribution in [2.45, 2.75) is 25.8 Å². The molecule has 1 atom stereocenters. The average Bonchev–Trinajstić information content (AvgIpc) is 2.50. The molecular weight excluding hydrogens is 264 g/mol. The van der Waals surface area contributed by atoms with Crippen LogP contribution in [-0.2, 0) is 4.79 Å². The molecular formula is C17H20N2O2. The fourth-order valence-electron chi connectivity index (χ4n) is 2.13. The average molecular weight is 284 g/mol. The number of anilines is 1. The van der Waals surface area contributed by atoms with Crippen molar-refractivity contribution in [3.05, 3.63) is 59.7 Å². The number of aromatic hydroxyl groups is 1. The first kappa shape index (κ1) is 15.1. The standard InChI is InChI=1S/C17H20N2O2/c1-12-6-5-9-15(17(12)21)19-16(20)11-10-14(18)13-7-3-2-4-8-13/h2-9,14,21H,10-11,18H2,1H3,(H,19,20). The number of hydrogen-bond acceptors (Lipinski definition) is 3. The Morgan fingerprint density at radius 1 is 1.19 bits per heavy atom. The van der Waals surface area contributed by atoms with Gasteiger partial charge in [-0.25, -0.2) is 0 Å². The first-order valence-electron chi connectivity index (χ1n) is 6.97. The molecule has 0 saturated carbocycles. The van der Waals surface area contributed by atoms with Gasteiger partial charge in [0, 0.05) is 12.5 Å². The minimum Gasteiger partial charge on any atom is -0.505 e. The summed E-state index contributed by atoms with van der Waals surface area (Å²) < 4.78 is 0. The third-order valence-corrected chi connectivity index (χ3v) is 3.42. The van der Waals surface area contributed by atoms with Crippen LogP contribution in [0.3, 0.4) is 0 Å². The number of benzene rings is 2. The van der Waals surface area contributed by atoms with E-state index in [1.807, 2.05) is 30.3 Å². The van der Waals surface area contributed by atoms with E-state index in [0.29, 0.717) is 18.5 Å². The molecule has 4 N–H and O–H groups in total. The van der Waals surface area contributed by atoms with Crippen LogP contribution in [0.5, 0.6) is 5.75 Å². The van der Waals surface area contributed by atoms with Gasteiger partial charge in [-0.1, -0.05) is 42.5 Å². The van der Waals surface area contributed by atoms with Crippen molar-refractivity contribution in [3.8, 4) is 5.75 Å². The number of nitrogens with two attached hydrogens (primary N) is 1. The van der Waals surface area contributed by atoms with Gasteiger partial charge in [0.05, 0.1) is 5.69 Å². The van der Waals surface area contributed by atoms with E-state index in [1.165, 1.54) is 0 Å². The lowest BCUT2D eigenvalue weighted by Gasteiger charge is -2.12. The Balaban J connectivity index is 1.89. The number of aryl methyl sites for hydroxylation is 1. The van der Waals surface area contributed by atoms with Gasteiger partial charge in [0.25, 0.3) is 0 Å². The summed E-state index contributed by atoms with van der Waals surface area (Å²) in [5, 5.41) is 12.6. The number of para-hydroxylation sites is 1. The molecule has 0 saturated heterocycles. The topological polar surface area (TPSA) is 75.4 Å². The number of amides is 1. The first-order valence-corrected chi connectivity index (χ1v) is 6.97. The molecule has 0 bridgehead atoms. The molecule has 110 valence electrons. The predicted molar refractivity (Wildman–Crippen MR) is 84.1 cm³/mol. The minimum atomic E-state index is -0.164. The van der Waals surface area contributed by atoms with Crippen LogP contribution >= 0.6 is 0 Å². The van der Waals surface area contributed by atoms with Crippen molar-refractivity contribution in [1.82, 2.24) is 0 Å². The van der Waals surface area contributed by atoms with E-state index in [2.05, 4.69) is 5.32 Å². The number of carbonyl (C=O) groups is 1. The van der Waals surface area contributed by atoms with Crippen LogP contribution in [-0.4, -0.2) is 11.0 Å². The van der Waals surface area contributed by atoms with Crippen LogP contribution < -0.4 is 11.1 Å². The first-order chi connectivity index (χ1) is 10.1. The molecule has 1 unspecified atom stereocenters. The molecule has 0 aliphatic rings. The van der Waals surface area contributed by atoms with Crippen LogP contribution in [0.25, 0.3) is 0 Å². The molecule has 4 heteroatoms. The lowest BCUT2D eigenvalue weighted by atomic mass is 10.0. The zero-order valence-corrected chi connectivity index (χ0v) is 12.0. The van der Waals surface area contributed by atoms with Gasteiger partial charge in [-0.2, -0.15) is 0 Å². The fraction of sp³-hybridized carbons (Fsp3) is 0.235.